The quantitative estimate of drug-likeness (QED) is 0.799. The number of benzene rings is 1. The predicted molar refractivity (Wildman–Crippen MR) is 61.0 cm³/mol. The van der Waals surface area contributed by atoms with Crippen LogP contribution in [0.25, 0.3) is 0 Å². The molecule has 0 N–H and O–H groups in total. The third kappa shape index (κ3) is 2.89. The molecule has 2 aromatic rings. The van der Waals surface area contributed by atoms with Crippen LogP contribution < -0.4 is 0 Å². The molecule has 0 aliphatic carbocycles. The zero-order valence-corrected chi connectivity index (χ0v) is 9.77. The number of alkyl halides is 1. The van der Waals surface area contributed by atoms with Gasteiger partial charge in [-0.25, -0.2) is 4.63 Å². The van der Waals surface area contributed by atoms with Crippen molar-refractivity contribution in [3.05, 3.63) is 47.3 Å². The van der Waals surface area contributed by atoms with E-state index in [2.05, 4.69) is 55.1 Å². The molecule has 0 bridgehead atoms. The lowest BCUT2D eigenvalue weighted by Crippen LogP contribution is -1.91. The topological polar surface area (TPSA) is 38.9 Å². The standard InChI is InChI=1S/C11H11BrN2O/c12-5-4-9-2-1-3-10(6-9)7-11-8-13-15-14-11/h1-3,6,8H,4-5,7H2. The van der Waals surface area contributed by atoms with E-state index in [-0.39, 0.29) is 0 Å². The van der Waals surface area contributed by atoms with E-state index in [4.69, 9.17) is 0 Å². The third-order valence-electron chi connectivity index (χ3n) is 2.17. The fraction of sp³-hybridized carbons (Fsp3) is 0.273. The van der Waals surface area contributed by atoms with Crippen molar-refractivity contribution >= 4 is 15.9 Å². The lowest BCUT2D eigenvalue weighted by atomic mass is 10.1. The molecule has 0 aliphatic rings. The minimum atomic E-state index is 0.777. The van der Waals surface area contributed by atoms with Gasteiger partial charge in [0.2, 0.25) is 0 Å². The van der Waals surface area contributed by atoms with Crippen LogP contribution in [0.2, 0.25) is 0 Å². The molecular weight excluding hydrogens is 256 g/mol. The molecule has 1 heterocycles. The highest BCUT2D eigenvalue weighted by molar-refractivity contribution is 9.09. The molecular formula is C11H11BrN2O. The summed E-state index contributed by atoms with van der Waals surface area (Å²) < 4.78 is 4.56. The Morgan fingerprint density at radius 2 is 2.13 bits per heavy atom. The van der Waals surface area contributed by atoms with Crippen molar-refractivity contribution in [2.24, 2.45) is 0 Å². The monoisotopic (exact) mass is 266 g/mol. The van der Waals surface area contributed by atoms with E-state index in [1.54, 1.807) is 6.20 Å². The van der Waals surface area contributed by atoms with Gasteiger partial charge in [0.15, 0.2) is 0 Å². The van der Waals surface area contributed by atoms with Gasteiger partial charge in [-0.05, 0) is 17.5 Å². The van der Waals surface area contributed by atoms with E-state index in [1.807, 2.05) is 0 Å². The Morgan fingerprint density at radius 3 is 2.87 bits per heavy atom. The highest BCUT2D eigenvalue weighted by atomic mass is 79.9. The Labute approximate surface area is 96.6 Å². The molecule has 0 saturated heterocycles. The molecule has 0 radical (unpaired) electrons. The smallest absolute Gasteiger partial charge is 0.109 e. The molecule has 1 aromatic heterocycles. The molecule has 78 valence electrons. The van der Waals surface area contributed by atoms with Crippen molar-refractivity contribution in [2.75, 3.05) is 5.33 Å². The van der Waals surface area contributed by atoms with Gasteiger partial charge in [0.25, 0.3) is 0 Å². The summed E-state index contributed by atoms with van der Waals surface area (Å²) in [5.41, 5.74) is 3.44. The van der Waals surface area contributed by atoms with Crippen LogP contribution in [0, 0.1) is 0 Å². The average molecular weight is 267 g/mol. The van der Waals surface area contributed by atoms with Crippen molar-refractivity contribution < 1.29 is 4.63 Å². The lowest BCUT2D eigenvalue weighted by Gasteiger charge is -2.01. The molecule has 0 aliphatic heterocycles. The lowest BCUT2D eigenvalue weighted by molar-refractivity contribution is 0.303. The first-order chi connectivity index (χ1) is 7.38. The van der Waals surface area contributed by atoms with Gasteiger partial charge in [0.05, 0.1) is 6.20 Å². The zero-order valence-electron chi connectivity index (χ0n) is 8.19. The van der Waals surface area contributed by atoms with E-state index in [9.17, 15) is 0 Å². The molecule has 0 amide bonds. The number of hydrogen-bond donors (Lipinski definition) is 0. The Kier molecular flexibility index (Phi) is 3.50. The summed E-state index contributed by atoms with van der Waals surface area (Å²) in [5, 5.41) is 8.36. The molecule has 0 saturated carbocycles. The number of nitrogens with zero attached hydrogens (tertiary/aromatic N) is 2. The van der Waals surface area contributed by atoms with Gasteiger partial charge in [-0.15, -0.1) is 0 Å². The van der Waals surface area contributed by atoms with Gasteiger partial charge >= 0.3 is 0 Å². The van der Waals surface area contributed by atoms with Gasteiger partial charge in [-0.1, -0.05) is 50.5 Å². The second-order valence-electron chi connectivity index (χ2n) is 3.33. The summed E-state index contributed by atoms with van der Waals surface area (Å²) in [6.45, 7) is 0. The number of rotatable bonds is 4. The van der Waals surface area contributed by atoms with Crippen LogP contribution >= 0.6 is 15.9 Å². The number of aromatic nitrogens is 2. The molecule has 1 aromatic carbocycles. The van der Waals surface area contributed by atoms with Crippen LogP contribution in [0.5, 0.6) is 0 Å². The zero-order chi connectivity index (χ0) is 10.5. The third-order valence-corrected chi connectivity index (χ3v) is 2.56. The van der Waals surface area contributed by atoms with Crippen LogP contribution in [0.15, 0.2) is 35.1 Å². The number of aryl methyl sites for hydroxylation is 1. The van der Waals surface area contributed by atoms with Gasteiger partial charge in [0.1, 0.15) is 5.69 Å². The van der Waals surface area contributed by atoms with E-state index in [1.165, 1.54) is 11.1 Å². The summed E-state index contributed by atoms with van der Waals surface area (Å²) >= 11 is 3.43. The Bertz CT molecular complexity index is 414. The fourth-order valence-electron chi connectivity index (χ4n) is 1.48. The van der Waals surface area contributed by atoms with E-state index in [0.717, 1.165) is 23.9 Å². The fourth-order valence-corrected chi connectivity index (χ4v) is 1.93. The molecule has 3 nitrogen and oxygen atoms in total. The minimum Gasteiger partial charge on any atom is -0.244 e. The molecule has 15 heavy (non-hydrogen) atoms. The normalized spacial score (nSPS) is 10.5. The van der Waals surface area contributed by atoms with Crippen molar-refractivity contribution in [3.8, 4) is 0 Å². The first-order valence-corrected chi connectivity index (χ1v) is 5.91. The molecule has 0 spiro atoms. The van der Waals surface area contributed by atoms with Gasteiger partial charge in [-0.3, -0.25) is 0 Å². The van der Waals surface area contributed by atoms with Crippen molar-refractivity contribution in [1.29, 1.82) is 0 Å². The maximum atomic E-state index is 4.56. The molecule has 0 unspecified atom stereocenters. The number of halogens is 1. The van der Waals surface area contributed by atoms with Gasteiger partial charge in [0, 0.05) is 11.8 Å². The summed E-state index contributed by atoms with van der Waals surface area (Å²) in [7, 11) is 0. The average Bonchev–Trinajstić information content (AvgIpc) is 2.71. The highest BCUT2D eigenvalue weighted by Crippen LogP contribution is 2.10. The van der Waals surface area contributed by atoms with Crippen LogP contribution in [0.1, 0.15) is 16.8 Å². The maximum Gasteiger partial charge on any atom is 0.109 e. The van der Waals surface area contributed by atoms with Crippen LogP contribution in [0.3, 0.4) is 0 Å². The van der Waals surface area contributed by atoms with Gasteiger partial charge in [-0.2, -0.15) is 0 Å². The SMILES string of the molecule is BrCCc1cccc(Cc2cnon2)c1. The Morgan fingerprint density at radius 1 is 1.27 bits per heavy atom. The van der Waals surface area contributed by atoms with Crippen LogP contribution in [-0.2, 0) is 12.8 Å². The largest absolute Gasteiger partial charge is 0.244 e. The molecule has 0 atom stereocenters. The van der Waals surface area contributed by atoms with Crippen molar-refractivity contribution in [3.63, 3.8) is 0 Å². The van der Waals surface area contributed by atoms with Crippen LogP contribution in [0.4, 0.5) is 0 Å². The summed E-state index contributed by atoms with van der Waals surface area (Å²) in [5.74, 6) is 0. The second-order valence-corrected chi connectivity index (χ2v) is 4.13. The van der Waals surface area contributed by atoms with Crippen molar-refractivity contribution in [2.45, 2.75) is 12.8 Å². The van der Waals surface area contributed by atoms with Crippen molar-refractivity contribution in [1.82, 2.24) is 10.3 Å². The minimum absolute atomic E-state index is 0.777. The summed E-state index contributed by atoms with van der Waals surface area (Å²) in [6, 6.07) is 8.48. The van der Waals surface area contributed by atoms with Crippen LogP contribution in [-0.4, -0.2) is 15.6 Å². The predicted octanol–water partition coefficient (Wildman–Crippen LogP) is 2.60. The van der Waals surface area contributed by atoms with E-state index in [0.29, 0.717) is 0 Å². The first kappa shape index (κ1) is 10.4. The maximum absolute atomic E-state index is 4.56. The summed E-state index contributed by atoms with van der Waals surface area (Å²) in [6.07, 6.45) is 3.47. The van der Waals surface area contributed by atoms with E-state index < -0.39 is 0 Å². The highest BCUT2D eigenvalue weighted by Gasteiger charge is 2.01. The first-order valence-electron chi connectivity index (χ1n) is 4.78. The molecule has 0 fully saturated rings. The second kappa shape index (κ2) is 5.07. The number of hydrogen-bond acceptors (Lipinski definition) is 3. The summed E-state index contributed by atoms with van der Waals surface area (Å²) in [4.78, 5) is 0. The molecule has 4 heteroatoms. The van der Waals surface area contributed by atoms with E-state index >= 15 is 0 Å². The molecule has 2 rings (SSSR count). The Balaban J connectivity index is 2.11. The van der Waals surface area contributed by atoms with Gasteiger partial charge < -0.3 is 0 Å². The Hall–Kier alpha value is -1.16.